The Morgan fingerprint density at radius 2 is 1.88 bits per heavy atom. The molecular weight excluding hydrogens is 545 g/mol. The number of hydrogen-bond donors (Lipinski definition) is 2. The third kappa shape index (κ3) is 6.67. The zero-order valence-electron chi connectivity index (χ0n) is 21.8. The largest absolute Gasteiger partial charge is 0.573 e. The van der Waals surface area contributed by atoms with Crippen LogP contribution in [0.2, 0.25) is 0 Å². The number of carbonyl (C=O) groups is 1. The van der Waals surface area contributed by atoms with Gasteiger partial charge in [0.05, 0.1) is 11.2 Å². The van der Waals surface area contributed by atoms with Gasteiger partial charge in [-0.1, -0.05) is 43.9 Å². The van der Waals surface area contributed by atoms with Crippen molar-refractivity contribution in [2.24, 2.45) is 5.92 Å². The number of rotatable bonds is 8. The molecule has 1 amide bonds. The van der Waals surface area contributed by atoms with Gasteiger partial charge in [0.2, 0.25) is 0 Å². The van der Waals surface area contributed by atoms with Gasteiger partial charge < -0.3 is 15.0 Å². The first-order chi connectivity index (χ1) is 19.1. The number of nitrogens with zero attached hydrogens (tertiary/aromatic N) is 2. The molecule has 1 saturated heterocycles. The smallest absolute Gasteiger partial charge is 0.404 e. The highest BCUT2D eigenvalue weighted by molar-refractivity contribution is 7.93. The van der Waals surface area contributed by atoms with E-state index in [0.29, 0.717) is 25.0 Å². The van der Waals surface area contributed by atoms with E-state index in [0.717, 1.165) is 30.9 Å². The predicted molar refractivity (Wildman–Crippen MR) is 145 cm³/mol. The van der Waals surface area contributed by atoms with E-state index in [1.54, 1.807) is 23.1 Å². The molecule has 1 aliphatic carbocycles. The molecule has 1 unspecified atom stereocenters. The number of para-hydroxylation sites is 1. The third-order valence-electron chi connectivity index (χ3n) is 7.52. The Morgan fingerprint density at radius 1 is 1.10 bits per heavy atom. The van der Waals surface area contributed by atoms with Gasteiger partial charge in [-0.2, -0.15) is 0 Å². The topological polar surface area (TPSA) is 101 Å². The van der Waals surface area contributed by atoms with E-state index in [1.807, 2.05) is 0 Å². The summed E-state index contributed by atoms with van der Waals surface area (Å²) in [6.07, 6.45) is 3.35. The van der Waals surface area contributed by atoms with Crippen LogP contribution in [-0.2, 0) is 10.0 Å². The van der Waals surface area contributed by atoms with Crippen LogP contribution in [0.4, 0.5) is 18.9 Å². The Morgan fingerprint density at radius 3 is 2.65 bits per heavy atom. The van der Waals surface area contributed by atoms with E-state index in [1.165, 1.54) is 50.1 Å². The molecule has 40 heavy (non-hydrogen) atoms. The summed E-state index contributed by atoms with van der Waals surface area (Å²) >= 11 is 0. The number of sulfonamides is 1. The first-order valence-corrected chi connectivity index (χ1v) is 14.9. The second-order valence-corrected chi connectivity index (χ2v) is 12.0. The lowest BCUT2D eigenvalue weighted by molar-refractivity contribution is -0.274. The highest BCUT2D eigenvalue weighted by Gasteiger charge is 2.34. The van der Waals surface area contributed by atoms with Crippen LogP contribution >= 0.6 is 0 Å². The molecule has 8 nitrogen and oxygen atoms in total. The van der Waals surface area contributed by atoms with Crippen LogP contribution in [0, 0.1) is 5.92 Å². The van der Waals surface area contributed by atoms with Crippen molar-refractivity contribution in [2.75, 3.05) is 24.4 Å². The Hall–Kier alpha value is -3.38. The normalized spacial score (nSPS) is 18.7. The fourth-order valence-corrected chi connectivity index (χ4v) is 6.81. The van der Waals surface area contributed by atoms with Crippen molar-refractivity contribution in [3.05, 3.63) is 60.3 Å². The standard InChI is InChI=1S/C28H31F3N4O4S/c29-28(30,31)39-24-17-21(27(36)35-16-15-32-22(18-35)12-10-19-5-1-2-6-19)11-13-23(24)34-40(37,38)25-9-3-7-20-8-4-14-33-26(20)25/h3-4,7-9,11,13-14,17,19,22,32,34H,1-2,5-6,10,12,15-16,18H2. The molecule has 3 aromatic rings. The SMILES string of the molecule is O=C(c1ccc(NS(=O)(=O)c2cccc3cccnc23)c(OC(F)(F)F)c1)N1CCNC(CCC2CCCC2)C1. The Balaban J connectivity index is 1.36. The number of hydrogen-bond acceptors (Lipinski definition) is 6. The summed E-state index contributed by atoms with van der Waals surface area (Å²) in [6, 6.07) is 11.3. The van der Waals surface area contributed by atoms with Crippen LogP contribution < -0.4 is 14.8 Å². The van der Waals surface area contributed by atoms with Crippen LogP contribution in [-0.4, -0.2) is 56.2 Å². The number of benzene rings is 2. The maximum Gasteiger partial charge on any atom is 0.573 e. The molecule has 0 radical (unpaired) electrons. The minimum absolute atomic E-state index is 0.0227. The monoisotopic (exact) mass is 576 g/mol. The summed E-state index contributed by atoms with van der Waals surface area (Å²) in [4.78, 5) is 18.8. The van der Waals surface area contributed by atoms with E-state index in [9.17, 15) is 26.4 Å². The van der Waals surface area contributed by atoms with E-state index in [2.05, 4.69) is 19.8 Å². The second-order valence-electron chi connectivity index (χ2n) is 10.3. The van der Waals surface area contributed by atoms with E-state index in [4.69, 9.17) is 0 Å². The first-order valence-electron chi connectivity index (χ1n) is 13.4. The number of aromatic nitrogens is 1. The quantitative estimate of drug-likeness (QED) is 0.377. The van der Waals surface area contributed by atoms with Crippen molar-refractivity contribution in [1.82, 2.24) is 15.2 Å². The minimum atomic E-state index is -5.11. The molecule has 1 atom stereocenters. The molecule has 5 rings (SSSR count). The van der Waals surface area contributed by atoms with E-state index < -0.39 is 33.7 Å². The van der Waals surface area contributed by atoms with Gasteiger partial charge in [0.15, 0.2) is 5.75 Å². The van der Waals surface area contributed by atoms with Gasteiger partial charge in [-0.25, -0.2) is 8.42 Å². The van der Waals surface area contributed by atoms with Crippen LogP contribution in [0.25, 0.3) is 10.9 Å². The number of anilines is 1. The van der Waals surface area contributed by atoms with Gasteiger partial charge in [0, 0.05) is 42.8 Å². The number of nitrogens with one attached hydrogen (secondary N) is 2. The van der Waals surface area contributed by atoms with Crippen molar-refractivity contribution in [3.8, 4) is 5.75 Å². The van der Waals surface area contributed by atoms with Gasteiger partial charge in [-0.05, 0) is 49.1 Å². The maximum absolute atomic E-state index is 13.3. The van der Waals surface area contributed by atoms with Crippen molar-refractivity contribution in [3.63, 3.8) is 0 Å². The molecule has 12 heteroatoms. The molecule has 1 aliphatic heterocycles. The molecule has 2 aromatic carbocycles. The van der Waals surface area contributed by atoms with Gasteiger partial charge in [0.1, 0.15) is 4.90 Å². The number of ether oxygens (including phenoxy) is 1. The van der Waals surface area contributed by atoms with Gasteiger partial charge in [0.25, 0.3) is 15.9 Å². The number of amides is 1. The summed E-state index contributed by atoms with van der Waals surface area (Å²) in [5, 5.41) is 3.99. The Labute approximate surface area is 231 Å². The van der Waals surface area contributed by atoms with Crippen LogP contribution in [0.5, 0.6) is 5.75 Å². The zero-order chi connectivity index (χ0) is 28.3. The van der Waals surface area contributed by atoms with Gasteiger partial charge >= 0.3 is 6.36 Å². The number of pyridine rings is 1. The number of halogens is 3. The molecule has 1 saturated carbocycles. The van der Waals surface area contributed by atoms with Crippen LogP contribution in [0.15, 0.2) is 59.6 Å². The summed E-state index contributed by atoms with van der Waals surface area (Å²) < 4.78 is 72.8. The Kier molecular flexibility index (Phi) is 8.18. The van der Waals surface area contributed by atoms with E-state index >= 15 is 0 Å². The lowest BCUT2D eigenvalue weighted by Crippen LogP contribution is -2.52. The second kappa shape index (κ2) is 11.6. The third-order valence-corrected chi connectivity index (χ3v) is 8.92. The molecule has 2 heterocycles. The lowest BCUT2D eigenvalue weighted by Gasteiger charge is -2.34. The zero-order valence-corrected chi connectivity index (χ0v) is 22.6. The number of carbonyl (C=O) groups excluding carboxylic acids is 1. The summed E-state index contributed by atoms with van der Waals surface area (Å²) in [7, 11) is -4.36. The molecule has 2 fully saturated rings. The van der Waals surface area contributed by atoms with Crippen LogP contribution in [0.3, 0.4) is 0 Å². The van der Waals surface area contributed by atoms with E-state index in [-0.39, 0.29) is 22.0 Å². The predicted octanol–water partition coefficient (Wildman–Crippen LogP) is 5.32. The fraction of sp³-hybridized carbons (Fsp3) is 0.429. The van der Waals surface area contributed by atoms with Crippen molar-refractivity contribution >= 4 is 32.5 Å². The van der Waals surface area contributed by atoms with Crippen molar-refractivity contribution in [2.45, 2.75) is 55.8 Å². The number of fused-ring (bicyclic) bond motifs is 1. The summed E-state index contributed by atoms with van der Waals surface area (Å²) in [6.45, 7) is 1.45. The first kappa shape index (κ1) is 28.2. The number of piperazine rings is 1. The lowest BCUT2D eigenvalue weighted by atomic mass is 9.97. The van der Waals surface area contributed by atoms with Crippen LogP contribution in [0.1, 0.15) is 48.9 Å². The number of alkyl halides is 3. The molecule has 2 N–H and O–H groups in total. The maximum atomic E-state index is 13.3. The average molecular weight is 577 g/mol. The molecular formula is C28H31F3N4O4S. The summed E-state index contributed by atoms with van der Waals surface area (Å²) in [5.41, 5.74) is -0.300. The van der Waals surface area contributed by atoms with Gasteiger partial charge in [-0.3, -0.25) is 14.5 Å². The molecule has 2 aliphatic rings. The molecule has 214 valence electrons. The highest BCUT2D eigenvalue weighted by atomic mass is 32.2. The van der Waals surface area contributed by atoms with Gasteiger partial charge in [-0.15, -0.1) is 13.2 Å². The molecule has 0 spiro atoms. The highest BCUT2D eigenvalue weighted by Crippen LogP contribution is 2.34. The summed E-state index contributed by atoms with van der Waals surface area (Å²) in [5.74, 6) is -0.536. The molecule has 0 bridgehead atoms. The molecule has 1 aromatic heterocycles. The van der Waals surface area contributed by atoms with Crippen molar-refractivity contribution in [1.29, 1.82) is 0 Å². The fourth-order valence-electron chi connectivity index (χ4n) is 5.56. The Bertz CT molecular complexity index is 1470. The van der Waals surface area contributed by atoms with Crippen molar-refractivity contribution < 1.29 is 31.1 Å². The average Bonchev–Trinajstić information content (AvgIpc) is 3.45. The minimum Gasteiger partial charge on any atom is -0.404 e.